The minimum absolute atomic E-state index is 0.157. The van der Waals surface area contributed by atoms with E-state index < -0.39 is 15.6 Å². The van der Waals surface area contributed by atoms with Crippen molar-refractivity contribution in [1.82, 2.24) is 9.29 Å². The van der Waals surface area contributed by atoms with Gasteiger partial charge >= 0.3 is 5.97 Å². The fourth-order valence-electron chi connectivity index (χ4n) is 4.77. The Morgan fingerprint density at radius 1 is 1.08 bits per heavy atom. The number of anilines is 1. The van der Waals surface area contributed by atoms with E-state index in [-0.39, 0.29) is 16.8 Å². The zero-order valence-electron chi connectivity index (χ0n) is 22.9. The van der Waals surface area contributed by atoms with E-state index in [1.54, 1.807) is 18.2 Å². The molecular formula is C30H39N3O4S. The van der Waals surface area contributed by atoms with E-state index in [9.17, 15) is 13.2 Å². The van der Waals surface area contributed by atoms with Crippen LogP contribution in [0.1, 0.15) is 65.4 Å². The lowest BCUT2D eigenvalue weighted by molar-refractivity contribution is -0.155. The van der Waals surface area contributed by atoms with Crippen LogP contribution in [-0.4, -0.2) is 42.4 Å². The summed E-state index contributed by atoms with van der Waals surface area (Å²) in [6.45, 7) is 8.52. The number of hydrogen-bond acceptors (Lipinski definition) is 6. The highest BCUT2D eigenvalue weighted by molar-refractivity contribution is 7.89. The number of ether oxygens (including phenoxy) is 1. The number of benzene rings is 2. The molecule has 3 aromatic rings. The molecule has 2 heterocycles. The highest BCUT2D eigenvalue weighted by atomic mass is 32.2. The second kappa shape index (κ2) is 11.4. The summed E-state index contributed by atoms with van der Waals surface area (Å²) in [5.74, 6) is 0.469. The van der Waals surface area contributed by atoms with Crippen LogP contribution in [0.25, 0.3) is 22.0 Å². The van der Waals surface area contributed by atoms with Crippen LogP contribution in [-0.2, 0) is 26.0 Å². The molecule has 1 aliphatic heterocycles. The number of nitrogens with two attached hydrogens (primary N) is 1. The molecule has 0 spiro atoms. The van der Waals surface area contributed by atoms with Gasteiger partial charge < -0.3 is 10.5 Å². The summed E-state index contributed by atoms with van der Waals surface area (Å²) >= 11 is 0. The topological polar surface area (TPSA) is 103 Å². The number of unbranched alkanes of at least 4 members (excludes halogenated alkanes) is 2. The maximum atomic E-state index is 13.3. The maximum Gasteiger partial charge on any atom is 0.306 e. The molecule has 2 aromatic carbocycles. The highest BCUT2D eigenvalue weighted by Crippen LogP contribution is 2.32. The number of fused-ring (bicyclic) bond motifs is 1. The van der Waals surface area contributed by atoms with Gasteiger partial charge in [-0.1, -0.05) is 44.0 Å². The van der Waals surface area contributed by atoms with Crippen molar-refractivity contribution in [3.05, 3.63) is 54.1 Å². The van der Waals surface area contributed by atoms with Gasteiger partial charge in [0, 0.05) is 24.9 Å². The number of nitrogen functional groups attached to an aromatic ring is 1. The molecule has 38 heavy (non-hydrogen) atoms. The highest BCUT2D eigenvalue weighted by Gasteiger charge is 2.37. The van der Waals surface area contributed by atoms with Crippen molar-refractivity contribution in [3.8, 4) is 11.1 Å². The van der Waals surface area contributed by atoms with Gasteiger partial charge in [-0.05, 0) is 86.9 Å². The molecule has 204 valence electrons. The Balaban J connectivity index is 1.44. The third-order valence-electron chi connectivity index (χ3n) is 6.89. The molecule has 0 aliphatic carbocycles. The molecule has 0 radical (unpaired) electrons. The van der Waals surface area contributed by atoms with Gasteiger partial charge in [0.05, 0.1) is 10.4 Å². The Hall–Kier alpha value is -2.97. The molecule has 1 fully saturated rings. The predicted octanol–water partition coefficient (Wildman–Crippen LogP) is 5.96. The molecule has 1 aliphatic rings. The van der Waals surface area contributed by atoms with Crippen LogP contribution in [0.15, 0.2) is 53.4 Å². The van der Waals surface area contributed by atoms with Gasteiger partial charge in [-0.15, -0.1) is 0 Å². The van der Waals surface area contributed by atoms with E-state index in [1.807, 2.05) is 45.0 Å². The van der Waals surface area contributed by atoms with Crippen molar-refractivity contribution in [2.75, 3.05) is 18.8 Å². The third kappa shape index (κ3) is 6.72. The summed E-state index contributed by atoms with van der Waals surface area (Å²) in [6.07, 6.45) is 5.25. The average Bonchev–Trinajstić information content (AvgIpc) is 2.82. The second-order valence-corrected chi connectivity index (χ2v) is 13.2. The molecular weight excluding hydrogens is 498 g/mol. The zero-order valence-corrected chi connectivity index (χ0v) is 23.7. The Kier molecular flexibility index (Phi) is 8.43. The maximum absolute atomic E-state index is 13.3. The van der Waals surface area contributed by atoms with E-state index in [2.05, 4.69) is 18.0 Å². The van der Waals surface area contributed by atoms with Gasteiger partial charge in [0.1, 0.15) is 11.4 Å². The number of hydrogen-bond donors (Lipinski definition) is 1. The second-order valence-electron chi connectivity index (χ2n) is 11.2. The number of pyridine rings is 1. The fourth-order valence-corrected chi connectivity index (χ4v) is 6.41. The van der Waals surface area contributed by atoms with Crippen molar-refractivity contribution in [1.29, 1.82) is 0 Å². The Labute approximate surface area is 226 Å². The summed E-state index contributed by atoms with van der Waals surface area (Å²) < 4.78 is 33.4. The van der Waals surface area contributed by atoms with Crippen LogP contribution in [0.3, 0.4) is 0 Å². The van der Waals surface area contributed by atoms with Crippen molar-refractivity contribution in [3.63, 3.8) is 0 Å². The van der Waals surface area contributed by atoms with Crippen molar-refractivity contribution < 1.29 is 17.9 Å². The van der Waals surface area contributed by atoms with E-state index in [1.165, 1.54) is 10.7 Å². The molecule has 0 saturated carbocycles. The van der Waals surface area contributed by atoms with Crippen molar-refractivity contribution >= 4 is 32.7 Å². The minimum Gasteiger partial charge on any atom is -0.460 e. The molecule has 8 heteroatoms. The Morgan fingerprint density at radius 2 is 1.82 bits per heavy atom. The average molecular weight is 538 g/mol. The van der Waals surface area contributed by atoms with Crippen molar-refractivity contribution in [2.24, 2.45) is 5.92 Å². The fraction of sp³-hybridized carbons (Fsp3) is 0.467. The van der Waals surface area contributed by atoms with E-state index in [4.69, 9.17) is 10.5 Å². The van der Waals surface area contributed by atoms with Crippen LogP contribution in [0.5, 0.6) is 0 Å². The van der Waals surface area contributed by atoms with Crippen molar-refractivity contribution in [2.45, 2.75) is 76.7 Å². The predicted molar refractivity (Wildman–Crippen MR) is 152 cm³/mol. The van der Waals surface area contributed by atoms with E-state index >= 15 is 0 Å². The summed E-state index contributed by atoms with van der Waals surface area (Å²) in [7, 11) is -3.62. The van der Waals surface area contributed by atoms with Crippen LogP contribution in [0, 0.1) is 5.92 Å². The first-order valence-electron chi connectivity index (χ1n) is 13.5. The lowest BCUT2D eigenvalue weighted by atomic mass is 9.97. The van der Waals surface area contributed by atoms with Crippen LogP contribution < -0.4 is 5.73 Å². The van der Waals surface area contributed by atoms with Gasteiger partial charge in [-0.25, -0.2) is 13.4 Å². The SMILES string of the molecule is CCCCCc1cc2ccc(-c3cccc(S(=O)(=O)N4CC(CCC(=O)OC(C)(C)C)C4)c3)cc2nc1N. The van der Waals surface area contributed by atoms with Gasteiger partial charge in [-0.3, -0.25) is 4.79 Å². The van der Waals surface area contributed by atoms with Crippen LogP contribution in [0.4, 0.5) is 5.82 Å². The third-order valence-corrected chi connectivity index (χ3v) is 8.71. The zero-order chi connectivity index (χ0) is 27.5. The lowest BCUT2D eigenvalue weighted by Crippen LogP contribution is -2.49. The quantitative estimate of drug-likeness (QED) is 0.253. The van der Waals surface area contributed by atoms with E-state index in [0.717, 1.165) is 46.9 Å². The van der Waals surface area contributed by atoms with Gasteiger partial charge in [-0.2, -0.15) is 4.31 Å². The number of carbonyl (C=O) groups excluding carboxylic acids is 1. The Morgan fingerprint density at radius 3 is 2.53 bits per heavy atom. The number of esters is 1. The van der Waals surface area contributed by atoms with Gasteiger partial charge in [0.2, 0.25) is 10.0 Å². The van der Waals surface area contributed by atoms with Gasteiger partial charge in [0.15, 0.2) is 0 Å². The number of aromatic nitrogens is 1. The lowest BCUT2D eigenvalue weighted by Gasteiger charge is -2.38. The molecule has 0 atom stereocenters. The molecule has 2 N–H and O–H groups in total. The monoisotopic (exact) mass is 537 g/mol. The Bertz CT molecular complexity index is 1410. The summed E-state index contributed by atoms with van der Waals surface area (Å²) in [5.41, 5.74) is 9.30. The smallest absolute Gasteiger partial charge is 0.306 e. The summed E-state index contributed by atoms with van der Waals surface area (Å²) in [4.78, 5) is 16.9. The summed E-state index contributed by atoms with van der Waals surface area (Å²) in [5, 5.41) is 1.02. The number of carbonyl (C=O) groups is 1. The molecule has 0 amide bonds. The first-order chi connectivity index (χ1) is 18.0. The number of sulfonamides is 1. The summed E-state index contributed by atoms with van der Waals surface area (Å²) in [6, 6.07) is 15.1. The van der Waals surface area contributed by atoms with Gasteiger partial charge in [0.25, 0.3) is 0 Å². The first-order valence-corrected chi connectivity index (χ1v) is 14.9. The standard InChI is InChI=1S/C30H39N3O4S/c1-5-6-7-9-25-16-24-14-13-23(18-27(24)32-29(25)31)22-10-8-11-26(17-22)38(35,36)33-19-21(20-33)12-15-28(34)37-30(2,3)4/h8,10-11,13-14,16-18,21H,5-7,9,12,15,19-20H2,1-4H3,(H2,31,32). The molecule has 4 rings (SSSR count). The number of aryl methyl sites for hydroxylation is 1. The van der Waals surface area contributed by atoms with E-state index in [0.29, 0.717) is 31.7 Å². The molecule has 7 nitrogen and oxygen atoms in total. The van der Waals surface area contributed by atoms with Crippen LogP contribution >= 0.6 is 0 Å². The number of nitrogens with zero attached hydrogens (tertiary/aromatic N) is 2. The molecule has 1 saturated heterocycles. The molecule has 1 aromatic heterocycles. The molecule has 0 unspecified atom stereocenters. The number of rotatable bonds is 10. The first kappa shape index (κ1) is 28.0. The van der Waals surface area contributed by atoms with Crippen LogP contribution in [0.2, 0.25) is 0 Å². The largest absolute Gasteiger partial charge is 0.460 e. The minimum atomic E-state index is -3.62. The normalized spacial score (nSPS) is 14.9. The molecule has 0 bridgehead atoms.